The zero-order valence-corrected chi connectivity index (χ0v) is 11.8. The molecule has 6 heteroatoms. The van der Waals surface area contributed by atoms with E-state index in [0.29, 0.717) is 38.6 Å². The summed E-state index contributed by atoms with van der Waals surface area (Å²) in [6.07, 6.45) is 2.76. The molecule has 1 unspecified atom stereocenters. The fourth-order valence-corrected chi connectivity index (χ4v) is 3.32. The van der Waals surface area contributed by atoms with Crippen molar-refractivity contribution < 1.29 is 19.5 Å². The minimum absolute atomic E-state index is 0.00549. The molecule has 6 nitrogen and oxygen atoms in total. The van der Waals surface area contributed by atoms with Gasteiger partial charge in [-0.15, -0.1) is 0 Å². The number of rotatable bonds is 5. The molecule has 2 rings (SSSR count). The van der Waals surface area contributed by atoms with E-state index >= 15 is 0 Å². The first-order valence-electron chi connectivity index (χ1n) is 7.13. The molecule has 2 amide bonds. The molecule has 0 bridgehead atoms. The van der Waals surface area contributed by atoms with Crippen molar-refractivity contribution in [1.29, 1.82) is 0 Å². The molecule has 1 saturated heterocycles. The van der Waals surface area contributed by atoms with E-state index in [-0.39, 0.29) is 29.6 Å². The van der Waals surface area contributed by atoms with Crippen molar-refractivity contribution in [2.45, 2.75) is 57.6 Å². The van der Waals surface area contributed by atoms with Gasteiger partial charge in [-0.2, -0.15) is 0 Å². The maximum atomic E-state index is 12.4. The highest BCUT2D eigenvalue weighted by Crippen LogP contribution is 2.46. The molecule has 0 aromatic rings. The first kappa shape index (κ1) is 15.0. The standard InChI is InChI=1S/C14H22N2O4/c1-9(17)11(2-3-12(15)19)16-8-14(13(16)20)6-4-10(18)5-7-14/h10-11,18H,2-8H2,1H3,(H2,15,19). The molecule has 112 valence electrons. The number of aliphatic hydroxyl groups excluding tert-OH is 1. The lowest BCUT2D eigenvalue weighted by atomic mass is 9.66. The number of carbonyl (C=O) groups is 3. The van der Waals surface area contributed by atoms with Crippen LogP contribution in [0.25, 0.3) is 0 Å². The molecule has 0 aromatic carbocycles. The minimum atomic E-state index is -0.535. The van der Waals surface area contributed by atoms with Crippen LogP contribution in [0.1, 0.15) is 45.4 Å². The summed E-state index contributed by atoms with van der Waals surface area (Å²) >= 11 is 0. The number of hydrogen-bond donors (Lipinski definition) is 2. The number of primary amides is 1. The second-order valence-electron chi connectivity index (χ2n) is 6.08. The lowest BCUT2D eigenvalue weighted by Crippen LogP contribution is -2.66. The van der Waals surface area contributed by atoms with E-state index in [1.54, 1.807) is 4.90 Å². The van der Waals surface area contributed by atoms with Crippen molar-refractivity contribution >= 4 is 17.6 Å². The van der Waals surface area contributed by atoms with E-state index < -0.39 is 11.9 Å². The zero-order valence-electron chi connectivity index (χ0n) is 11.8. The lowest BCUT2D eigenvalue weighted by Gasteiger charge is -2.53. The lowest BCUT2D eigenvalue weighted by molar-refractivity contribution is -0.172. The fraction of sp³-hybridized carbons (Fsp3) is 0.786. The van der Waals surface area contributed by atoms with Crippen LogP contribution in [-0.4, -0.2) is 46.3 Å². The Hall–Kier alpha value is -1.43. The highest BCUT2D eigenvalue weighted by atomic mass is 16.3. The molecule has 0 aromatic heterocycles. The average Bonchev–Trinajstić information content (AvgIpc) is 2.39. The second-order valence-corrected chi connectivity index (χ2v) is 6.08. The molecule has 3 N–H and O–H groups in total. The monoisotopic (exact) mass is 282 g/mol. The van der Waals surface area contributed by atoms with E-state index in [9.17, 15) is 19.5 Å². The van der Waals surface area contributed by atoms with Gasteiger partial charge in [0.25, 0.3) is 0 Å². The molecular weight excluding hydrogens is 260 g/mol. The number of aliphatic hydroxyl groups is 1. The number of nitrogens with zero attached hydrogens (tertiary/aromatic N) is 1. The first-order chi connectivity index (χ1) is 9.35. The largest absolute Gasteiger partial charge is 0.393 e. The number of amides is 2. The third kappa shape index (κ3) is 2.70. The number of β-lactam (4-membered cyclic amide) rings is 1. The maximum absolute atomic E-state index is 12.4. The number of carbonyl (C=O) groups excluding carboxylic acids is 3. The molecule has 1 saturated carbocycles. The summed E-state index contributed by atoms with van der Waals surface area (Å²) in [5.74, 6) is -0.570. The first-order valence-corrected chi connectivity index (χ1v) is 7.13. The predicted molar refractivity (Wildman–Crippen MR) is 71.5 cm³/mol. The molecular formula is C14H22N2O4. The Balaban J connectivity index is 1.98. The van der Waals surface area contributed by atoms with Gasteiger partial charge in [-0.05, 0) is 39.0 Å². The van der Waals surface area contributed by atoms with Crippen molar-refractivity contribution in [2.75, 3.05) is 6.54 Å². The quantitative estimate of drug-likeness (QED) is 0.692. The van der Waals surface area contributed by atoms with Crippen LogP contribution in [-0.2, 0) is 14.4 Å². The Morgan fingerprint density at radius 1 is 1.45 bits per heavy atom. The topological polar surface area (TPSA) is 101 Å². The van der Waals surface area contributed by atoms with E-state index in [4.69, 9.17) is 5.73 Å². The molecule has 2 aliphatic rings. The summed E-state index contributed by atoms with van der Waals surface area (Å²) < 4.78 is 0. The highest BCUT2D eigenvalue weighted by molar-refractivity contribution is 5.94. The summed E-state index contributed by atoms with van der Waals surface area (Å²) in [6, 6.07) is -0.535. The van der Waals surface area contributed by atoms with Gasteiger partial charge in [0.2, 0.25) is 11.8 Å². The van der Waals surface area contributed by atoms with Crippen molar-refractivity contribution in [3.63, 3.8) is 0 Å². The van der Waals surface area contributed by atoms with E-state index in [0.717, 1.165) is 0 Å². The second kappa shape index (κ2) is 5.52. The number of nitrogens with two attached hydrogens (primary N) is 1. The van der Waals surface area contributed by atoms with Crippen molar-refractivity contribution in [1.82, 2.24) is 4.90 Å². The van der Waals surface area contributed by atoms with Gasteiger partial charge < -0.3 is 15.7 Å². The van der Waals surface area contributed by atoms with Crippen molar-refractivity contribution in [3.8, 4) is 0 Å². The van der Waals surface area contributed by atoms with Crippen LogP contribution < -0.4 is 5.73 Å². The van der Waals surface area contributed by atoms with Gasteiger partial charge in [-0.3, -0.25) is 14.4 Å². The van der Waals surface area contributed by atoms with Crippen LogP contribution in [0.3, 0.4) is 0 Å². The molecule has 0 radical (unpaired) electrons. The van der Waals surface area contributed by atoms with Crippen LogP contribution in [0.2, 0.25) is 0 Å². The Bertz CT molecular complexity index is 427. The number of Topliss-reactive ketones (excluding diaryl/α,β-unsaturated/α-hetero) is 1. The molecule has 1 spiro atoms. The highest BCUT2D eigenvalue weighted by Gasteiger charge is 2.55. The van der Waals surface area contributed by atoms with Gasteiger partial charge in [0.05, 0.1) is 17.6 Å². The van der Waals surface area contributed by atoms with Gasteiger partial charge in [0.1, 0.15) is 0 Å². The SMILES string of the molecule is CC(=O)C(CCC(N)=O)N1CC2(CCC(O)CC2)C1=O. The smallest absolute Gasteiger partial charge is 0.231 e. The summed E-state index contributed by atoms with van der Waals surface area (Å²) in [6.45, 7) is 2.00. The van der Waals surface area contributed by atoms with Crippen molar-refractivity contribution in [3.05, 3.63) is 0 Å². The normalized spacial score (nSPS) is 31.0. The Labute approximate surface area is 118 Å². The van der Waals surface area contributed by atoms with Crippen LogP contribution in [0.4, 0.5) is 0 Å². The van der Waals surface area contributed by atoms with Crippen LogP contribution in [0.5, 0.6) is 0 Å². The number of ketones is 1. The van der Waals surface area contributed by atoms with Gasteiger partial charge in [-0.1, -0.05) is 0 Å². The van der Waals surface area contributed by atoms with E-state index in [2.05, 4.69) is 0 Å². The molecule has 1 aliphatic heterocycles. The Kier molecular flexibility index (Phi) is 4.13. The average molecular weight is 282 g/mol. The van der Waals surface area contributed by atoms with Crippen molar-refractivity contribution in [2.24, 2.45) is 11.1 Å². The van der Waals surface area contributed by atoms with Gasteiger partial charge >= 0.3 is 0 Å². The molecule has 1 atom stereocenters. The van der Waals surface area contributed by atoms with Crippen LogP contribution in [0.15, 0.2) is 0 Å². The summed E-state index contributed by atoms with van der Waals surface area (Å²) in [4.78, 5) is 36.5. The van der Waals surface area contributed by atoms with E-state index in [1.165, 1.54) is 6.92 Å². The fourth-order valence-electron chi connectivity index (χ4n) is 3.32. The van der Waals surface area contributed by atoms with Crippen LogP contribution >= 0.6 is 0 Å². The Morgan fingerprint density at radius 3 is 2.50 bits per heavy atom. The van der Waals surface area contributed by atoms with Gasteiger partial charge in [0, 0.05) is 13.0 Å². The zero-order chi connectivity index (χ0) is 14.9. The van der Waals surface area contributed by atoms with Gasteiger partial charge in [-0.25, -0.2) is 0 Å². The number of hydrogen-bond acceptors (Lipinski definition) is 4. The van der Waals surface area contributed by atoms with Crippen LogP contribution in [0, 0.1) is 5.41 Å². The summed E-state index contributed by atoms with van der Waals surface area (Å²) in [5, 5.41) is 9.53. The number of likely N-dealkylation sites (tertiary alicyclic amines) is 1. The Morgan fingerprint density at radius 2 is 2.05 bits per heavy atom. The molecule has 1 heterocycles. The predicted octanol–water partition coefficient (Wildman–Crippen LogP) is -0.0270. The summed E-state index contributed by atoms with van der Waals surface area (Å²) in [7, 11) is 0. The van der Waals surface area contributed by atoms with E-state index in [1.807, 2.05) is 0 Å². The minimum Gasteiger partial charge on any atom is -0.393 e. The molecule has 1 aliphatic carbocycles. The third-order valence-corrected chi connectivity index (χ3v) is 4.61. The van der Waals surface area contributed by atoms with Gasteiger partial charge in [0.15, 0.2) is 5.78 Å². The maximum Gasteiger partial charge on any atom is 0.231 e. The summed E-state index contributed by atoms with van der Waals surface area (Å²) in [5.41, 5.74) is 4.73. The molecule has 2 fully saturated rings. The molecule has 20 heavy (non-hydrogen) atoms. The third-order valence-electron chi connectivity index (χ3n) is 4.61.